The molecular formula is C21H26N4O2. The third-order valence-corrected chi connectivity index (χ3v) is 5.02. The van der Waals surface area contributed by atoms with Crippen LogP contribution < -0.4 is 5.32 Å². The van der Waals surface area contributed by atoms with Gasteiger partial charge in [0, 0.05) is 45.1 Å². The van der Waals surface area contributed by atoms with Crippen molar-refractivity contribution in [2.45, 2.75) is 19.4 Å². The van der Waals surface area contributed by atoms with Gasteiger partial charge in [-0.1, -0.05) is 30.3 Å². The monoisotopic (exact) mass is 366 g/mol. The number of hydrogen-bond donors (Lipinski definition) is 1. The molecule has 2 heterocycles. The lowest BCUT2D eigenvalue weighted by atomic mass is 10.1. The average Bonchev–Trinajstić information content (AvgIpc) is 2.72. The Kier molecular flexibility index (Phi) is 6.19. The summed E-state index contributed by atoms with van der Waals surface area (Å²) in [6.07, 6.45) is 2.48. The van der Waals surface area contributed by atoms with Crippen LogP contribution in [0.5, 0.6) is 0 Å². The maximum Gasteiger partial charge on any atom is 0.255 e. The number of likely N-dealkylation sites (N-methyl/N-ethyl adjacent to an activating group) is 1. The first kappa shape index (κ1) is 19.0. The number of rotatable bonds is 5. The number of aryl methyl sites for hydroxylation is 1. The highest BCUT2D eigenvalue weighted by molar-refractivity contribution is 5.94. The van der Waals surface area contributed by atoms with E-state index in [1.807, 2.05) is 31.2 Å². The van der Waals surface area contributed by atoms with E-state index >= 15 is 0 Å². The van der Waals surface area contributed by atoms with E-state index in [-0.39, 0.29) is 17.9 Å². The summed E-state index contributed by atoms with van der Waals surface area (Å²) >= 11 is 0. The van der Waals surface area contributed by atoms with Crippen molar-refractivity contribution in [1.29, 1.82) is 0 Å². The molecule has 1 aromatic carbocycles. The molecule has 0 radical (unpaired) electrons. The Labute approximate surface area is 160 Å². The average molecular weight is 366 g/mol. The summed E-state index contributed by atoms with van der Waals surface area (Å²) in [5.74, 6) is -0.123. The molecule has 6 heteroatoms. The SMILES string of the molecule is CNC(=O)C1CN(C(=O)c2ccc(C)nc2)CCN1CCc1ccccc1. The molecule has 1 N–H and O–H groups in total. The molecule has 6 nitrogen and oxygen atoms in total. The van der Waals surface area contributed by atoms with Crippen molar-refractivity contribution in [1.82, 2.24) is 20.1 Å². The molecule has 0 aliphatic carbocycles. The molecule has 0 spiro atoms. The van der Waals surface area contributed by atoms with Crippen LogP contribution in [0.2, 0.25) is 0 Å². The third kappa shape index (κ3) is 4.71. The zero-order chi connectivity index (χ0) is 19.2. The fraction of sp³-hybridized carbons (Fsp3) is 0.381. The van der Waals surface area contributed by atoms with Crippen molar-refractivity contribution in [2.75, 3.05) is 33.2 Å². The first-order valence-electron chi connectivity index (χ1n) is 9.30. The number of carbonyl (C=O) groups excluding carboxylic acids is 2. The second-order valence-electron chi connectivity index (χ2n) is 6.84. The van der Waals surface area contributed by atoms with E-state index in [1.54, 1.807) is 24.2 Å². The van der Waals surface area contributed by atoms with Crippen molar-refractivity contribution in [3.05, 3.63) is 65.5 Å². The van der Waals surface area contributed by atoms with Crippen molar-refractivity contribution in [3.63, 3.8) is 0 Å². The quantitative estimate of drug-likeness (QED) is 0.871. The van der Waals surface area contributed by atoms with Crippen LogP contribution in [-0.4, -0.2) is 65.9 Å². The molecule has 2 amide bonds. The normalized spacial score (nSPS) is 17.6. The number of nitrogens with zero attached hydrogens (tertiary/aromatic N) is 3. The Balaban J connectivity index is 1.67. The van der Waals surface area contributed by atoms with Gasteiger partial charge in [0.1, 0.15) is 6.04 Å². The lowest BCUT2D eigenvalue weighted by molar-refractivity contribution is -0.127. The number of aromatic nitrogens is 1. The van der Waals surface area contributed by atoms with Crippen LogP contribution in [0.25, 0.3) is 0 Å². The largest absolute Gasteiger partial charge is 0.358 e. The number of amides is 2. The van der Waals surface area contributed by atoms with Gasteiger partial charge in [-0.15, -0.1) is 0 Å². The third-order valence-electron chi connectivity index (χ3n) is 5.02. The predicted molar refractivity (Wildman–Crippen MR) is 104 cm³/mol. The Morgan fingerprint density at radius 2 is 1.93 bits per heavy atom. The fourth-order valence-corrected chi connectivity index (χ4v) is 3.38. The standard InChI is InChI=1S/C21H26N4O2/c1-16-8-9-18(14-23-16)21(27)25-13-12-24(19(15-25)20(26)22-2)11-10-17-6-4-3-5-7-17/h3-9,14,19H,10-13,15H2,1-2H3,(H,22,26). The minimum atomic E-state index is -0.338. The smallest absolute Gasteiger partial charge is 0.255 e. The number of hydrogen-bond acceptors (Lipinski definition) is 4. The lowest BCUT2D eigenvalue weighted by Gasteiger charge is -2.40. The Hall–Kier alpha value is -2.73. The van der Waals surface area contributed by atoms with Crippen LogP contribution >= 0.6 is 0 Å². The second-order valence-corrected chi connectivity index (χ2v) is 6.84. The number of pyridine rings is 1. The zero-order valence-electron chi connectivity index (χ0n) is 15.9. The van der Waals surface area contributed by atoms with Gasteiger partial charge in [-0.3, -0.25) is 19.5 Å². The number of carbonyl (C=O) groups is 2. The molecule has 142 valence electrons. The summed E-state index contributed by atoms with van der Waals surface area (Å²) in [4.78, 5) is 33.4. The molecule has 1 fully saturated rings. The first-order chi connectivity index (χ1) is 13.1. The van der Waals surface area contributed by atoms with Crippen molar-refractivity contribution in [2.24, 2.45) is 0 Å². The summed E-state index contributed by atoms with van der Waals surface area (Å²) in [6, 6.07) is 13.5. The van der Waals surface area contributed by atoms with Crippen molar-refractivity contribution < 1.29 is 9.59 Å². The number of piperazine rings is 1. The topological polar surface area (TPSA) is 65.5 Å². The summed E-state index contributed by atoms with van der Waals surface area (Å²) < 4.78 is 0. The van der Waals surface area contributed by atoms with Crippen LogP contribution in [0.4, 0.5) is 0 Å². The molecule has 1 aliphatic heterocycles. The van der Waals surface area contributed by atoms with Gasteiger partial charge in [-0.2, -0.15) is 0 Å². The van der Waals surface area contributed by atoms with E-state index in [4.69, 9.17) is 0 Å². The minimum absolute atomic E-state index is 0.0532. The first-order valence-corrected chi connectivity index (χ1v) is 9.30. The van der Waals surface area contributed by atoms with E-state index in [1.165, 1.54) is 5.56 Å². The van der Waals surface area contributed by atoms with Crippen LogP contribution in [0, 0.1) is 6.92 Å². The highest BCUT2D eigenvalue weighted by Crippen LogP contribution is 2.15. The number of benzene rings is 1. The molecule has 27 heavy (non-hydrogen) atoms. The summed E-state index contributed by atoms with van der Waals surface area (Å²) in [5, 5.41) is 2.74. The van der Waals surface area contributed by atoms with Crippen LogP contribution in [0.15, 0.2) is 48.7 Å². The van der Waals surface area contributed by atoms with Crippen molar-refractivity contribution >= 4 is 11.8 Å². The van der Waals surface area contributed by atoms with E-state index in [0.717, 1.165) is 18.7 Å². The highest BCUT2D eigenvalue weighted by atomic mass is 16.2. The molecule has 0 saturated carbocycles. The van der Waals surface area contributed by atoms with Crippen LogP contribution in [-0.2, 0) is 11.2 Å². The molecular weight excluding hydrogens is 340 g/mol. The summed E-state index contributed by atoms with van der Waals surface area (Å²) in [7, 11) is 1.64. The molecule has 2 aromatic rings. The molecule has 1 aromatic heterocycles. The minimum Gasteiger partial charge on any atom is -0.358 e. The van der Waals surface area contributed by atoms with Gasteiger partial charge in [0.05, 0.1) is 5.56 Å². The molecule has 1 atom stereocenters. The van der Waals surface area contributed by atoms with E-state index in [0.29, 0.717) is 25.2 Å². The summed E-state index contributed by atoms with van der Waals surface area (Å²) in [5.41, 5.74) is 2.69. The highest BCUT2D eigenvalue weighted by Gasteiger charge is 2.33. The predicted octanol–water partition coefficient (Wildman–Crippen LogP) is 1.51. The summed E-state index contributed by atoms with van der Waals surface area (Å²) in [6.45, 7) is 4.35. The van der Waals surface area contributed by atoms with Gasteiger partial charge >= 0.3 is 0 Å². The fourth-order valence-electron chi connectivity index (χ4n) is 3.38. The van der Waals surface area contributed by atoms with Crippen LogP contribution in [0.3, 0.4) is 0 Å². The van der Waals surface area contributed by atoms with Gasteiger partial charge in [-0.25, -0.2) is 0 Å². The molecule has 1 unspecified atom stereocenters. The maximum atomic E-state index is 12.8. The van der Waals surface area contributed by atoms with Crippen molar-refractivity contribution in [3.8, 4) is 0 Å². The maximum absolute atomic E-state index is 12.8. The lowest BCUT2D eigenvalue weighted by Crippen LogP contribution is -2.60. The Morgan fingerprint density at radius 1 is 1.15 bits per heavy atom. The van der Waals surface area contributed by atoms with Gasteiger partial charge in [-0.05, 0) is 31.0 Å². The van der Waals surface area contributed by atoms with Gasteiger partial charge in [0.15, 0.2) is 0 Å². The van der Waals surface area contributed by atoms with E-state index < -0.39 is 0 Å². The van der Waals surface area contributed by atoms with Crippen LogP contribution in [0.1, 0.15) is 21.6 Å². The van der Waals surface area contributed by atoms with E-state index in [2.05, 4.69) is 27.3 Å². The van der Waals surface area contributed by atoms with Gasteiger partial charge < -0.3 is 10.2 Å². The van der Waals surface area contributed by atoms with Gasteiger partial charge in [0.25, 0.3) is 5.91 Å². The molecule has 1 aliphatic rings. The van der Waals surface area contributed by atoms with Gasteiger partial charge in [0.2, 0.25) is 5.91 Å². The van der Waals surface area contributed by atoms with E-state index in [9.17, 15) is 9.59 Å². The zero-order valence-corrected chi connectivity index (χ0v) is 15.9. The molecule has 1 saturated heterocycles. The second kappa shape index (κ2) is 8.77. The molecule has 0 bridgehead atoms. The Bertz CT molecular complexity index is 777. The number of nitrogens with one attached hydrogen (secondary N) is 1. The Morgan fingerprint density at radius 3 is 2.59 bits per heavy atom. The molecule has 3 rings (SSSR count).